The molecule has 1 aliphatic rings. The smallest absolute Gasteiger partial charge is 0.0351 e. The molecule has 1 unspecified atom stereocenters. The Labute approximate surface area is 127 Å². The normalized spacial score (nSPS) is 17.5. The van der Waals surface area contributed by atoms with Gasteiger partial charge < -0.3 is 5.32 Å². The minimum absolute atomic E-state index is 0.465. The van der Waals surface area contributed by atoms with Crippen molar-refractivity contribution in [2.24, 2.45) is 5.92 Å². The zero-order valence-electron chi connectivity index (χ0n) is 12.5. The predicted molar refractivity (Wildman–Crippen MR) is 86.8 cm³/mol. The Morgan fingerprint density at radius 3 is 2.52 bits per heavy atom. The fourth-order valence-electron chi connectivity index (χ4n) is 3.42. The van der Waals surface area contributed by atoms with E-state index in [1.165, 1.54) is 43.2 Å². The van der Waals surface area contributed by atoms with E-state index >= 15 is 0 Å². The van der Waals surface area contributed by atoms with Crippen molar-refractivity contribution in [1.29, 1.82) is 0 Å². The van der Waals surface area contributed by atoms with Gasteiger partial charge in [-0.25, -0.2) is 0 Å². The maximum absolute atomic E-state index is 4.21. The molecule has 2 aromatic rings. The molecular formula is C19H24N2. The van der Waals surface area contributed by atoms with E-state index in [9.17, 15) is 0 Å². The van der Waals surface area contributed by atoms with Crippen molar-refractivity contribution < 1.29 is 0 Å². The van der Waals surface area contributed by atoms with E-state index < -0.39 is 0 Å². The quantitative estimate of drug-likeness (QED) is 0.872. The molecule has 0 bridgehead atoms. The third-order valence-corrected chi connectivity index (χ3v) is 4.53. The minimum atomic E-state index is 0.465. The van der Waals surface area contributed by atoms with Crippen molar-refractivity contribution in [1.82, 2.24) is 10.3 Å². The van der Waals surface area contributed by atoms with E-state index in [1.54, 1.807) is 0 Å². The first-order valence-corrected chi connectivity index (χ1v) is 8.11. The number of hydrogen-bond donors (Lipinski definition) is 1. The molecule has 1 heterocycles. The highest BCUT2D eigenvalue weighted by Crippen LogP contribution is 2.34. The first-order chi connectivity index (χ1) is 10.4. The highest BCUT2D eigenvalue weighted by molar-refractivity contribution is 5.20. The van der Waals surface area contributed by atoms with Crippen LogP contribution in [0, 0.1) is 5.92 Å². The van der Waals surface area contributed by atoms with Gasteiger partial charge >= 0.3 is 0 Å². The van der Waals surface area contributed by atoms with Crippen molar-refractivity contribution in [3.05, 3.63) is 66.0 Å². The molecule has 0 saturated heterocycles. The molecule has 1 fully saturated rings. The zero-order valence-corrected chi connectivity index (χ0v) is 12.5. The number of pyridine rings is 1. The van der Waals surface area contributed by atoms with E-state index in [4.69, 9.17) is 0 Å². The Hall–Kier alpha value is -1.67. The molecule has 0 radical (unpaired) electrons. The molecular weight excluding hydrogens is 256 g/mol. The van der Waals surface area contributed by atoms with Gasteiger partial charge in [-0.05, 0) is 36.0 Å². The molecule has 1 atom stereocenters. The topological polar surface area (TPSA) is 24.9 Å². The second-order valence-electron chi connectivity index (χ2n) is 6.03. The van der Waals surface area contributed by atoms with E-state index in [0.29, 0.717) is 6.04 Å². The van der Waals surface area contributed by atoms with Gasteiger partial charge in [0.15, 0.2) is 0 Å². The summed E-state index contributed by atoms with van der Waals surface area (Å²) in [4.78, 5) is 4.21. The molecule has 3 rings (SSSR count). The molecule has 1 aromatic heterocycles. The van der Waals surface area contributed by atoms with Crippen LogP contribution in [0.4, 0.5) is 0 Å². The molecule has 1 aromatic carbocycles. The van der Waals surface area contributed by atoms with Gasteiger partial charge in [-0.1, -0.05) is 55.7 Å². The number of rotatable bonds is 5. The van der Waals surface area contributed by atoms with Crippen LogP contribution in [0.25, 0.3) is 0 Å². The maximum atomic E-state index is 4.21. The van der Waals surface area contributed by atoms with Gasteiger partial charge in [0, 0.05) is 25.0 Å². The Balaban J connectivity index is 1.72. The average Bonchev–Trinajstić information content (AvgIpc) is 2.58. The summed E-state index contributed by atoms with van der Waals surface area (Å²) in [5.41, 5.74) is 2.68. The van der Waals surface area contributed by atoms with Crippen LogP contribution in [0.5, 0.6) is 0 Å². The Bertz CT molecular complexity index is 518. The number of nitrogens with one attached hydrogen (secondary N) is 1. The molecule has 1 N–H and O–H groups in total. The molecule has 1 saturated carbocycles. The van der Waals surface area contributed by atoms with Crippen LogP contribution < -0.4 is 5.32 Å². The Morgan fingerprint density at radius 1 is 1.00 bits per heavy atom. The fraction of sp³-hybridized carbons (Fsp3) is 0.421. The summed E-state index contributed by atoms with van der Waals surface area (Å²) in [5.74, 6) is 0.762. The van der Waals surface area contributed by atoms with E-state index in [2.05, 4.69) is 46.7 Å². The second kappa shape index (κ2) is 7.37. The molecule has 2 nitrogen and oxygen atoms in total. The average molecular weight is 280 g/mol. The molecule has 0 spiro atoms. The molecule has 110 valence electrons. The third-order valence-electron chi connectivity index (χ3n) is 4.53. The number of benzene rings is 1. The third kappa shape index (κ3) is 3.92. The van der Waals surface area contributed by atoms with Crippen LogP contribution in [0.1, 0.15) is 49.3 Å². The predicted octanol–water partition coefficient (Wildman–Crippen LogP) is 4.49. The highest BCUT2D eigenvalue weighted by Gasteiger charge is 2.24. The van der Waals surface area contributed by atoms with Gasteiger partial charge in [0.1, 0.15) is 0 Å². The van der Waals surface area contributed by atoms with Crippen LogP contribution in [-0.4, -0.2) is 4.98 Å². The van der Waals surface area contributed by atoms with Crippen molar-refractivity contribution in [2.45, 2.75) is 44.7 Å². The first kappa shape index (κ1) is 14.3. The van der Waals surface area contributed by atoms with Gasteiger partial charge in [-0.2, -0.15) is 0 Å². The van der Waals surface area contributed by atoms with Crippen molar-refractivity contribution in [3.8, 4) is 0 Å². The van der Waals surface area contributed by atoms with Crippen LogP contribution in [0.2, 0.25) is 0 Å². The monoisotopic (exact) mass is 280 g/mol. The van der Waals surface area contributed by atoms with Gasteiger partial charge in [0.25, 0.3) is 0 Å². The molecule has 1 aliphatic carbocycles. The summed E-state index contributed by atoms with van der Waals surface area (Å²) in [5, 5.41) is 3.78. The Morgan fingerprint density at radius 2 is 1.81 bits per heavy atom. The number of aromatic nitrogens is 1. The van der Waals surface area contributed by atoms with Crippen LogP contribution in [0.15, 0.2) is 54.9 Å². The first-order valence-electron chi connectivity index (χ1n) is 8.11. The standard InChI is InChI=1S/C19H24N2/c1-3-9-17(10-4-1)19(18-11-5-2-6-12-18)21-15-16-8-7-13-20-14-16/h1,3-4,7-10,13-14,18-19,21H,2,5-6,11-12,15H2. The van der Waals surface area contributed by atoms with Gasteiger partial charge in [-0.15, -0.1) is 0 Å². The minimum Gasteiger partial charge on any atom is -0.306 e. The van der Waals surface area contributed by atoms with Gasteiger partial charge in [0.2, 0.25) is 0 Å². The van der Waals surface area contributed by atoms with Crippen molar-refractivity contribution in [3.63, 3.8) is 0 Å². The number of hydrogen-bond acceptors (Lipinski definition) is 2. The highest BCUT2D eigenvalue weighted by atomic mass is 14.9. The summed E-state index contributed by atoms with van der Waals surface area (Å²) in [6.45, 7) is 0.893. The Kier molecular flexibility index (Phi) is 5.01. The summed E-state index contributed by atoms with van der Waals surface area (Å²) in [6.07, 6.45) is 10.6. The molecule has 0 amide bonds. The van der Waals surface area contributed by atoms with Crippen LogP contribution >= 0.6 is 0 Å². The maximum Gasteiger partial charge on any atom is 0.0351 e. The largest absolute Gasteiger partial charge is 0.306 e. The zero-order chi connectivity index (χ0) is 14.3. The van der Waals surface area contributed by atoms with Crippen molar-refractivity contribution >= 4 is 0 Å². The van der Waals surface area contributed by atoms with E-state index in [-0.39, 0.29) is 0 Å². The second-order valence-corrected chi connectivity index (χ2v) is 6.03. The number of nitrogens with zero attached hydrogens (tertiary/aromatic N) is 1. The molecule has 0 aliphatic heterocycles. The van der Waals surface area contributed by atoms with Crippen molar-refractivity contribution in [2.75, 3.05) is 0 Å². The lowest BCUT2D eigenvalue weighted by Gasteiger charge is -2.31. The lowest BCUT2D eigenvalue weighted by molar-refractivity contribution is 0.270. The summed E-state index contributed by atoms with van der Waals surface area (Å²) in [7, 11) is 0. The SMILES string of the molecule is c1ccc(C(NCc2cccnc2)C2CCCCC2)cc1. The molecule has 21 heavy (non-hydrogen) atoms. The van der Waals surface area contributed by atoms with Crippen LogP contribution in [0.3, 0.4) is 0 Å². The van der Waals surface area contributed by atoms with Crippen LogP contribution in [-0.2, 0) is 6.54 Å². The van der Waals surface area contributed by atoms with E-state index in [0.717, 1.165) is 12.5 Å². The fourth-order valence-corrected chi connectivity index (χ4v) is 3.42. The summed E-state index contributed by atoms with van der Waals surface area (Å²) < 4.78 is 0. The van der Waals surface area contributed by atoms with Gasteiger partial charge in [0.05, 0.1) is 0 Å². The lowest BCUT2D eigenvalue weighted by atomic mass is 9.81. The lowest BCUT2D eigenvalue weighted by Crippen LogP contribution is -2.29. The molecule has 2 heteroatoms. The summed E-state index contributed by atoms with van der Waals surface area (Å²) >= 11 is 0. The summed E-state index contributed by atoms with van der Waals surface area (Å²) in [6, 6.07) is 15.5. The van der Waals surface area contributed by atoms with E-state index in [1.807, 2.05) is 18.5 Å². The van der Waals surface area contributed by atoms with Gasteiger partial charge in [-0.3, -0.25) is 4.98 Å².